The fourth-order valence-electron chi connectivity index (χ4n) is 2.70. The van der Waals surface area contributed by atoms with Crippen LogP contribution in [-0.4, -0.2) is 41.4 Å². The van der Waals surface area contributed by atoms with Gasteiger partial charge in [-0.05, 0) is 31.9 Å². The third kappa shape index (κ3) is 3.96. The van der Waals surface area contributed by atoms with E-state index >= 15 is 0 Å². The van der Waals surface area contributed by atoms with Crippen molar-refractivity contribution in [3.05, 3.63) is 39.4 Å². The molecule has 1 fully saturated rings. The molecular weight excluding hydrogens is 306 g/mol. The molecule has 0 aromatic heterocycles. The number of amides is 1. The number of carbonyl (C=O) groups excluding carboxylic acids is 1. The number of nitrogens with one attached hydrogen (secondary N) is 1. The molecule has 0 saturated carbocycles. The van der Waals surface area contributed by atoms with Crippen LogP contribution < -0.4 is 5.32 Å². The molecule has 1 saturated heterocycles. The lowest BCUT2D eigenvalue weighted by Gasteiger charge is -2.28. The first-order chi connectivity index (χ1) is 10.0. The number of nitro benzene ring substituents is 1. The van der Waals surface area contributed by atoms with Crippen LogP contribution in [0.5, 0.6) is 0 Å². The van der Waals surface area contributed by atoms with Crippen LogP contribution in [0.25, 0.3) is 0 Å². The maximum absolute atomic E-state index is 12.8. The lowest BCUT2D eigenvalue weighted by Crippen LogP contribution is -2.42. The normalized spacial score (nSPS) is 16.9. The number of rotatable bonds is 5. The number of nitro groups is 1. The third-order valence-corrected chi connectivity index (χ3v) is 3.86. The minimum absolute atomic E-state index is 0. The summed E-state index contributed by atoms with van der Waals surface area (Å²) in [4.78, 5) is 25.1. The summed E-state index contributed by atoms with van der Waals surface area (Å²) in [5, 5.41) is 14.2. The van der Waals surface area contributed by atoms with Crippen LogP contribution in [0.4, 0.5) is 5.69 Å². The Kier molecular flexibility index (Phi) is 6.77. The van der Waals surface area contributed by atoms with E-state index in [2.05, 4.69) is 5.32 Å². The van der Waals surface area contributed by atoms with Crippen molar-refractivity contribution in [2.75, 3.05) is 19.6 Å². The van der Waals surface area contributed by atoms with E-state index in [9.17, 15) is 14.9 Å². The molecule has 7 heteroatoms. The number of aryl methyl sites for hydroxylation is 1. The molecule has 6 nitrogen and oxygen atoms in total. The molecule has 1 heterocycles. The summed E-state index contributed by atoms with van der Waals surface area (Å²) in [6, 6.07) is 4.65. The van der Waals surface area contributed by atoms with Crippen molar-refractivity contribution in [2.24, 2.45) is 0 Å². The fourth-order valence-corrected chi connectivity index (χ4v) is 2.70. The van der Waals surface area contributed by atoms with Crippen molar-refractivity contribution in [3.8, 4) is 0 Å². The number of hydrogen-bond acceptors (Lipinski definition) is 4. The van der Waals surface area contributed by atoms with Gasteiger partial charge in [0.25, 0.3) is 11.6 Å². The maximum Gasteiger partial charge on any atom is 0.270 e. The van der Waals surface area contributed by atoms with Gasteiger partial charge in [-0.15, -0.1) is 12.4 Å². The average molecular weight is 328 g/mol. The van der Waals surface area contributed by atoms with E-state index in [0.29, 0.717) is 12.1 Å². The molecular formula is C15H22ClN3O3. The summed E-state index contributed by atoms with van der Waals surface area (Å²) in [6.07, 6.45) is 1.80. The number of carbonyl (C=O) groups is 1. The Hall–Kier alpha value is -1.66. The summed E-state index contributed by atoms with van der Waals surface area (Å²) >= 11 is 0. The van der Waals surface area contributed by atoms with Crippen molar-refractivity contribution in [2.45, 2.75) is 32.7 Å². The van der Waals surface area contributed by atoms with Crippen LogP contribution in [-0.2, 0) is 0 Å². The third-order valence-electron chi connectivity index (χ3n) is 3.86. The van der Waals surface area contributed by atoms with E-state index in [4.69, 9.17) is 0 Å². The second kappa shape index (κ2) is 8.10. The van der Waals surface area contributed by atoms with Gasteiger partial charge in [-0.3, -0.25) is 14.9 Å². The molecule has 1 unspecified atom stereocenters. The minimum Gasteiger partial charge on any atom is -0.334 e. The van der Waals surface area contributed by atoms with Gasteiger partial charge in [0.15, 0.2) is 0 Å². The number of nitrogens with zero attached hydrogens (tertiary/aromatic N) is 2. The standard InChI is InChI=1S/C15H21N3O3.ClH/c1-3-8-17(13-6-7-16-10-13)15(19)14-9-12(18(20)21)5-4-11(14)2;/h4-5,9,13,16H,3,6-8,10H2,1-2H3;1H. The highest BCUT2D eigenvalue weighted by atomic mass is 35.5. The first-order valence-electron chi connectivity index (χ1n) is 7.31. The Morgan fingerprint density at radius 2 is 2.23 bits per heavy atom. The zero-order valence-electron chi connectivity index (χ0n) is 12.9. The van der Waals surface area contributed by atoms with Crippen molar-refractivity contribution < 1.29 is 9.72 Å². The summed E-state index contributed by atoms with van der Waals surface area (Å²) in [5.41, 5.74) is 1.17. The predicted octanol–water partition coefficient (Wildman–Crippen LogP) is 2.54. The number of halogens is 1. The van der Waals surface area contributed by atoms with Crippen molar-refractivity contribution in [1.82, 2.24) is 10.2 Å². The molecule has 1 N–H and O–H groups in total. The lowest BCUT2D eigenvalue weighted by molar-refractivity contribution is -0.384. The second-order valence-corrected chi connectivity index (χ2v) is 5.40. The Bertz CT molecular complexity index is 545. The molecule has 0 bridgehead atoms. The summed E-state index contributed by atoms with van der Waals surface area (Å²) < 4.78 is 0. The fraction of sp³-hybridized carbons (Fsp3) is 0.533. The van der Waals surface area contributed by atoms with Crippen molar-refractivity contribution >= 4 is 24.0 Å². The van der Waals surface area contributed by atoms with E-state index in [1.54, 1.807) is 6.07 Å². The predicted molar refractivity (Wildman–Crippen MR) is 87.7 cm³/mol. The topological polar surface area (TPSA) is 75.5 Å². The SMILES string of the molecule is CCCN(C(=O)c1cc([N+](=O)[O-])ccc1C)C1CCNC1.Cl. The van der Waals surface area contributed by atoms with E-state index < -0.39 is 4.92 Å². The Morgan fingerprint density at radius 1 is 1.50 bits per heavy atom. The largest absolute Gasteiger partial charge is 0.334 e. The first-order valence-corrected chi connectivity index (χ1v) is 7.31. The maximum atomic E-state index is 12.8. The van der Waals surface area contributed by atoms with Crippen LogP contribution in [0.1, 0.15) is 35.7 Å². The van der Waals surface area contributed by atoms with E-state index in [-0.39, 0.29) is 30.0 Å². The van der Waals surface area contributed by atoms with Crippen LogP contribution in [0.3, 0.4) is 0 Å². The first kappa shape index (κ1) is 18.4. The van der Waals surface area contributed by atoms with E-state index in [1.165, 1.54) is 12.1 Å². The molecule has 0 radical (unpaired) electrons. The molecule has 122 valence electrons. The number of non-ortho nitro benzene ring substituents is 1. The summed E-state index contributed by atoms with van der Waals surface area (Å²) in [7, 11) is 0. The molecule has 1 amide bonds. The van der Waals surface area contributed by atoms with E-state index in [0.717, 1.165) is 31.5 Å². The molecule has 1 aliphatic heterocycles. The molecule has 1 aromatic rings. The smallest absolute Gasteiger partial charge is 0.270 e. The van der Waals surface area contributed by atoms with Gasteiger partial charge in [-0.2, -0.15) is 0 Å². The summed E-state index contributed by atoms with van der Waals surface area (Å²) in [5.74, 6) is -0.105. The Morgan fingerprint density at radius 3 is 2.77 bits per heavy atom. The lowest BCUT2D eigenvalue weighted by atomic mass is 10.0. The molecule has 1 aliphatic rings. The monoisotopic (exact) mass is 327 g/mol. The van der Waals surface area contributed by atoms with Gasteiger partial charge >= 0.3 is 0 Å². The van der Waals surface area contributed by atoms with Gasteiger partial charge in [0.05, 0.1) is 4.92 Å². The molecule has 2 rings (SSSR count). The van der Waals surface area contributed by atoms with Gasteiger partial charge < -0.3 is 10.2 Å². The highest BCUT2D eigenvalue weighted by Gasteiger charge is 2.28. The van der Waals surface area contributed by atoms with Crippen LogP contribution in [0.2, 0.25) is 0 Å². The zero-order valence-corrected chi connectivity index (χ0v) is 13.7. The highest BCUT2D eigenvalue weighted by Crippen LogP contribution is 2.21. The molecule has 0 spiro atoms. The highest BCUT2D eigenvalue weighted by molar-refractivity contribution is 5.96. The van der Waals surface area contributed by atoms with Gasteiger partial charge in [-0.1, -0.05) is 13.0 Å². The average Bonchev–Trinajstić information content (AvgIpc) is 2.98. The molecule has 22 heavy (non-hydrogen) atoms. The van der Waals surface area contributed by atoms with E-state index in [1.807, 2.05) is 18.7 Å². The van der Waals surface area contributed by atoms with Gasteiger partial charge in [0.1, 0.15) is 0 Å². The molecule has 1 atom stereocenters. The zero-order chi connectivity index (χ0) is 15.4. The molecule has 0 aliphatic carbocycles. The van der Waals surface area contributed by atoms with Crippen molar-refractivity contribution in [3.63, 3.8) is 0 Å². The quantitative estimate of drug-likeness (QED) is 0.666. The number of hydrogen-bond donors (Lipinski definition) is 1. The van der Waals surface area contributed by atoms with Gasteiger partial charge in [-0.25, -0.2) is 0 Å². The van der Waals surface area contributed by atoms with Crippen molar-refractivity contribution in [1.29, 1.82) is 0 Å². The molecule has 1 aromatic carbocycles. The van der Waals surface area contributed by atoms with Crippen LogP contribution in [0, 0.1) is 17.0 Å². The van der Waals surface area contributed by atoms with Gasteiger partial charge in [0.2, 0.25) is 0 Å². The van der Waals surface area contributed by atoms with Gasteiger partial charge in [0, 0.05) is 36.8 Å². The second-order valence-electron chi connectivity index (χ2n) is 5.40. The Balaban J connectivity index is 0.00000242. The van der Waals surface area contributed by atoms with Crippen LogP contribution >= 0.6 is 12.4 Å². The summed E-state index contributed by atoms with van der Waals surface area (Å²) in [6.45, 7) is 6.22. The van der Waals surface area contributed by atoms with Crippen LogP contribution in [0.15, 0.2) is 18.2 Å². The Labute approximate surface area is 136 Å². The minimum atomic E-state index is -0.461. The number of benzene rings is 1.